The highest BCUT2D eigenvalue weighted by molar-refractivity contribution is 5.98. The molecule has 0 saturated heterocycles. The van der Waals surface area contributed by atoms with Gasteiger partial charge in [-0.2, -0.15) is 0 Å². The molecule has 0 atom stereocenters. The second-order valence-electron chi connectivity index (χ2n) is 6.51. The number of hydrogen-bond donors (Lipinski definition) is 2. The molecule has 2 N–H and O–H groups in total. The molecule has 166 valence electrons. The van der Waals surface area contributed by atoms with Crippen molar-refractivity contribution in [1.82, 2.24) is 5.32 Å². The van der Waals surface area contributed by atoms with E-state index < -0.39 is 18.5 Å². The molecule has 8 nitrogen and oxygen atoms in total. The van der Waals surface area contributed by atoms with E-state index in [4.69, 9.17) is 14.2 Å². The maximum atomic E-state index is 12.3. The Kier molecular flexibility index (Phi) is 9.35. The van der Waals surface area contributed by atoms with E-state index in [9.17, 15) is 14.4 Å². The fourth-order valence-electron chi connectivity index (χ4n) is 2.65. The van der Waals surface area contributed by atoms with E-state index in [1.807, 2.05) is 20.8 Å². The van der Waals surface area contributed by atoms with E-state index in [0.717, 1.165) is 6.42 Å². The van der Waals surface area contributed by atoms with Crippen molar-refractivity contribution in [1.29, 1.82) is 0 Å². The molecule has 0 bridgehead atoms. The van der Waals surface area contributed by atoms with Crippen LogP contribution in [-0.4, -0.2) is 44.1 Å². The van der Waals surface area contributed by atoms with E-state index in [-0.39, 0.29) is 11.5 Å². The minimum absolute atomic E-state index is 0.235. The van der Waals surface area contributed by atoms with Gasteiger partial charge in [0.05, 0.1) is 18.8 Å². The Morgan fingerprint density at radius 1 is 0.903 bits per heavy atom. The summed E-state index contributed by atoms with van der Waals surface area (Å²) in [6.07, 6.45) is 0.844. The summed E-state index contributed by atoms with van der Waals surface area (Å²) < 4.78 is 16.2. The fourth-order valence-corrected chi connectivity index (χ4v) is 2.65. The van der Waals surface area contributed by atoms with Gasteiger partial charge in [-0.1, -0.05) is 13.0 Å². The first-order chi connectivity index (χ1) is 15.0. The molecule has 31 heavy (non-hydrogen) atoms. The third-order valence-corrected chi connectivity index (χ3v) is 4.02. The quantitative estimate of drug-likeness (QED) is 0.532. The molecular formula is C23H28N2O6. The van der Waals surface area contributed by atoms with E-state index >= 15 is 0 Å². The van der Waals surface area contributed by atoms with Gasteiger partial charge in [-0.25, -0.2) is 4.79 Å². The predicted molar refractivity (Wildman–Crippen MR) is 117 cm³/mol. The molecule has 2 aromatic carbocycles. The highest BCUT2D eigenvalue weighted by Crippen LogP contribution is 2.29. The zero-order valence-corrected chi connectivity index (χ0v) is 18.0. The number of hydrogen-bond acceptors (Lipinski definition) is 6. The largest absolute Gasteiger partial charge is 0.490 e. The molecule has 0 aromatic heterocycles. The standard InChI is InChI=1S/C23H28N2O6/c1-4-12-30-19-11-10-17(14-20(19)29-6-3)23(28)31-15-21(26)25-18-9-7-8-16(13-18)22(27)24-5-2/h7-11,13-14H,4-6,12,15H2,1-3H3,(H,24,27)(H,25,26). The molecule has 2 rings (SSSR count). The second-order valence-corrected chi connectivity index (χ2v) is 6.51. The lowest BCUT2D eigenvalue weighted by Gasteiger charge is -2.13. The molecule has 0 aliphatic rings. The van der Waals surface area contributed by atoms with Crippen LogP contribution in [0.15, 0.2) is 42.5 Å². The molecule has 0 radical (unpaired) electrons. The fraction of sp³-hybridized carbons (Fsp3) is 0.348. The monoisotopic (exact) mass is 428 g/mol. The Hall–Kier alpha value is -3.55. The third kappa shape index (κ3) is 7.33. The molecule has 8 heteroatoms. The number of amides is 2. The van der Waals surface area contributed by atoms with E-state index in [1.165, 1.54) is 6.07 Å². The zero-order valence-electron chi connectivity index (χ0n) is 18.0. The summed E-state index contributed by atoms with van der Waals surface area (Å²) in [5.41, 5.74) is 1.10. The highest BCUT2D eigenvalue weighted by Gasteiger charge is 2.15. The molecular weight excluding hydrogens is 400 g/mol. The molecule has 2 aromatic rings. The van der Waals surface area contributed by atoms with Gasteiger partial charge in [-0.05, 0) is 56.7 Å². The summed E-state index contributed by atoms with van der Waals surface area (Å²) in [5.74, 6) is -0.424. The molecule has 0 aliphatic heterocycles. The molecule has 0 heterocycles. The molecule has 2 amide bonds. The van der Waals surface area contributed by atoms with Gasteiger partial charge in [0.15, 0.2) is 18.1 Å². The van der Waals surface area contributed by atoms with Gasteiger partial charge < -0.3 is 24.8 Å². The topological polar surface area (TPSA) is 103 Å². The summed E-state index contributed by atoms with van der Waals surface area (Å²) in [6, 6.07) is 11.2. The van der Waals surface area contributed by atoms with Crippen LogP contribution in [0.2, 0.25) is 0 Å². The van der Waals surface area contributed by atoms with Crippen molar-refractivity contribution in [3.05, 3.63) is 53.6 Å². The summed E-state index contributed by atoms with van der Waals surface area (Å²) in [4.78, 5) is 36.4. The number of nitrogens with one attached hydrogen (secondary N) is 2. The third-order valence-electron chi connectivity index (χ3n) is 4.02. The molecule has 0 unspecified atom stereocenters. The van der Waals surface area contributed by atoms with Gasteiger partial charge in [0, 0.05) is 17.8 Å². The van der Waals surface area contributed by atoms with Crippen molar-refractivity contribution >= 4 is 23.5 Å². The molecule has 0 fully saturated rings. The Labute approximate surface area is 181 Å². The van der Waals surface area contributed by atoms with Gasteiger partial charge >= 0.3 is 5.97 Å². The van der Waals surface area contributed by atoms with Crippen LogP contribution in [0.4, 0.5) is 5.69 Å². The smallest absolute Gasteiger partial charge is 0.338 e. The van der Waals surface area contributed by atoms with Crippen LogP contribution >= 0.6 is 0 Å². The summed E-state index contributed by atoms with van der Waals surface area (Å²) in [6.45, 7) is 6.63. The van der Waals surface area contributed by atoms with Crippen LogP contribution in [0.3, 0.4) is 0 Å². The van der Waals surface area contributed by atoms with Crippen molar-refractivity contribution in [3.63, 3.8) is 0 Å². The highest BCUT2D eigenvalue weighted by atomic mass is 16.5. The minimum atomic E-state index is -0.658. The van der Waals surface area contributed by atoms with Crippen LogP contribution in [0.25, 0.3) is 0 Å². The first-order valence-electron chi connectivity index (χ1n) is 10.2. The second kappa shape index (κ2) is 12.2. The van der Waals surface area contributed by atoms with Gasteiger partial charge in [-0.15, -0.1) is 0 Å². The average Bonchev–Trinajstić information content (AvgIpc) is 2.77. The first-order valence-corrected chi connectivity index (χ1v) is 10.2. The number of anilines is 1. The minimum Gasteiger partial charge on any atom is -0.490 e. The van der Waals surface area contributed by atoms with E-state index in [0.29, 0.717) is 42.5 Å². The van der Waals surface area contributed by atoms with Gasteiger partial charge in [0.25, 0.3) is 11.8 Å². The number of carbonyl (C=O) groups is 3. The molecule has 0 spiro atoms. The van der Waals surface area contributed by atoms with Crippen molar-refractivity contribution in [2.45, 2.75) is 27.2 Å². The van der Waals surface area contributed by atoms with Crippen molar-refractivity contribution < 1.29 is 28.6 Å². The van der Waals surface area contributed by atoms with E-state index in [2.05, 4.69) is 10.6 Å². The summed E-state index contributed by atoms with van der Waals surface area (Å²) in [7, 11) is 0. The lowest BCUT2D eigenvalue weighted by Crippen LogP contribution is -2.23. The van der Waals surface area contributed by atoms with E-state index in [1.54, 1.807) is 36.4 Å². The van der Waals surface area contributed by atoms with Gasteiger partial charge in [-0.3, -0.25) is 9.59 Å². The lowest BCUT2D eigenvalue weighted by atomic mass is 10.2. The summed E-state index contributed by atoms with van der Waals surface area (Å²) in [5, 5.41) is 5.30. The molecule has 0 saturated carbocycles. The maximum absolute atomic E-state index is 12.3. The number of rotatable bonds is 11. The predicted octanol–water partition coefficient (Wildman–Crippen LogP) is 3.42. The average molecular weight is 428 g/mol. The number of ether oxygens (including phenoxy) is 3. The number of esters is 1. The Balaban J connectivity index is 1.96. The first kappa shape index (κ1) is 23.7. The normalized spacial score (nSPS) is 10.2. The summed E-state index contributed by atoms with van der Waals surface area (Å²) >= 11 is 0. The van der Waals surface area contributed by atoms with Crippen LogP contribution in [0.5, 0.6) is 11.5 Å². The van der Waals surface area contributed by atoms with Crippen LogP contribution in [0, 0.1) is 0 Å². The Morgan fingerprint density at radius 2 is 1.71 bits per heavy atom. The van der Waals surface area contributed by atoms with Crippen LogP contribution < -0.4 is 20.1 Å². The molecule has 0 aliphatic carbocycles. The zero-order chi connectivity index (χ0) is 22.6. The number of benzene rings is 2. The number of carbonyl (C=O) groups excluding carboxylic acids is 3. The lowest BCUT2D eigenvalue weighted by molar-refractivity contribution is -0.119. The van der Waals surface area contributed by atoms with Crippen molar-refractivity contribution in [3.8, 4) is 11.5 Å². The van der Waals surface area contributed by atoms with Crippen LogP contribution in [0.1, 0.15) is 47.9 Å². The Bertz CT molecular complexity index is 913. The SMILES string of the molecule is CCCOc1ccc(C(=O)OCC(=O)Nc2cccc(C(=O)NCC)c2)cc1OCC. The maximum Gasteiger partial charge on any atom is 0.338 e. The Morgan fingerprint density at radius 3 is 2.42 bits per heavy atom. The van der Waals surface area contributed by atoms with Crippen LogP contribution in [-0.2, 0) is 9.53 Å². The van der Waals surface area contributed by atoms with Gasteiger partial charge in [0.1, 0.15) is 0 Å². The van der Waals surface area contributed by atoms with Crippen molar-refractivity contribution in [2.75, 3.05) is 31.7 Å². The van der Waals surface area contributed by atoms with Gasteiger partial charge in [0.2, 0.25) is 0 Å². The van der Waals surface area contributed by atoms with Crippen molar-refractivity contribution in [2.24, 2.45) is 0 Å².